The first-order chi connectivity index (χ1) is 14.7. The minimum Gasteiger partial charge on any atom is -0.497 e. The third kappa shape index (κ3) is 3.44. The standard InChI is InChI=1S/C23H16N2O4S/c1-27-17-9-6-15(7-10-17)22-24-25-23(29-22)30-13-16-12-20(26)28-19-11-8-14-4-2-3-5-18(14)21(16)19/h2-12H,13H2,1H3. The summed E-state index contributed by atoms with van der Waals surface area (Å²) in [5.41, 5.74) is 1.87. The summed E-state index contributed by atoms with van der Waals surface area (Å²) < 4.78 is 16.4. The number of hydrogen-bond donors (Lipinski definition) is 0. The molecule has 0 radical (unpaired) electrons. The van der Waals surface area contributed by atoms with Gasteiger partial charge in [0.1, 0.15) is 11.3 Å². The number of methoxy groups -OCH3 is 1. The topological polar surface area (TPSA) is 78.4 Å². The molecule has 0 aliphatic heterocycles. The summed E-state index contributed by atoms with van der Waals surface area (Å²) in [6, 6.07) is 20.8. The minimum atomic E-state index is -0.377. The maximum Gasteiger partial charge on any atom is 0.336 e. The highest BCUT2D eigenvalue weighted by Gasteiger charge is 2.13. The fraction of sp³-hybridized carbons (Fsp3) is 0.0870. The molecule has 0 atom stereocenters. The Labute approximate surface area is 175 Å². The van der Waals surface area contributed by atoms with Crippen LogP contribution in [0.3, 0.4) is 0 Å². The van der Waals surface area contributed by atoms with E-state index in [0.29, 0.717) is 22.4 Å². The molecule has 0 bridgehead atoms. The van der Waals surface area contributed by atoms with Crippen molar-refractivity contribution in [2.24, 2.45) is 0 Å². The van der Waals surface area contributed by atoms with Crippen LogP contribution in [0.25, 0.3) is 33.2 Å². The third-order valence-corrected chi connectivity index (χ3v) is 5.68. The van der Waals surface area contributed by atoms with Gasteiger partial charge in [-0.2, -0.15) is 0 Å². The van der Waals surface area contributed by atoms with Crippen LogP contribution in [0.4, 0.5) is 0 Å². The molecule has 2 heterocycles. The maximum atomic E-state index is 12.1. The largest absolute Gasteiger partial charge is 0.497 e. The Kier molecular flexibility index (Phi) is 4.72. The van der Waals surface area contributed by atoms with Crippen LogP contribution >= 0.6 is 11.8 Å². The van der Waals surface area contributed by atoms with Crippen molar-refractivity contribution in [3.05, 3.63) is 82.7 Å². The Morgan fingerprint density at radius 1 is 0.967 bits per heavy atom. The van der Waals surface area contributed by atoms with E-state index in [-0.39, 0.29) is 5.63 Å². The van der Waals surface area contributed by atoms with Crippen LogP contribution in [-0.4, -0.2) is 17.3 Å². The highest BCUT2D eigenvalue weighted by Crippen LogP contribution is 2.32. The van der Waals surface area contributed by atoms with E-state index in [0.717, 1.165) is 33.0 Å². The Balaban J connectivity index is 1.46. The van der Waals surface area contributed by atoms with Gasteiger partial charge < -0.3 is 13.6 Å². The predicted molar refractivity (Wildman–Crippen MR) is 116 cm³/mol. The Morgan fingerprint density at radius 2 is 1.80 bits per heavy atom. The highest BCUT2D eigenvalue weighted by molar-refractivity contribution is 7.98. The monoisotopic (exact) mass is 416 g/mol. The molecule has 3 aromatic carbocycles. The van der Waals surface area contributed by atoms with Crippen molar-refractivity contribution < 1.29 is 13.6 Å². The van der Waals surface area contributed by atoms with Gasteiger partial charge in [0.25, 0.3) is 5.22 Å². The molecule has 0 unspecified atom stereocenters. The second-order valence-electron chi connectivity index (χ2n) is 6.64. The lowest BCUT2D eigenvalue weighted by Crippen LogP contribution is -2.00. The summed E-state index contributed by atoms with van der Waals surface area (Å²) in [6.45, 7) is 0. The number of ether oxygens (including phenoxy) is 1. The Bertz CT molecular complexity index is 1410. The van der Waals surface area contributed by atoms with Gasteiger partial charge in [-0.1, -0.05) is 42.1 Å². The van der Waals surface area contributed by atoms with Gasteiger partial charge >= 0.3 is 5.63 Å². The molecule has 0 aliphatic rings. The molecule has 148 valence electrons. The summed E-state index contributed by atoms with van der Waals surface area (Å²) in [4.78, 5) is 12.1. The molecule has 5 aromatic rings. The zero-order valence-electron chi connectivity index (χ0n) is 16.0. The van der Waals surface area contributed by atoms with Gasteiger partial charge in [0.05, 0.1) is 7.11 Å². The van der Waals surface area contributed by atoms with Crippen LogP contribution in [0, 0.1) is 0 Å². The molecule has 0 saturated heterocycles. The van der Waals surface area contributed by atoms with Gasteiger partial charge in [-0.25, -0.2) is 4.79 Å². The SMILES string of the molecule is COc1ccc(-c2nnc(SCc3cc(=O)oc4ccc5ccccc5c34)o2)cc1. The van der Waals surface area contributed by atoms with Crippen LogP contribution in [0.2, 0.25) is 0 Å². The molecule has 7 heteroatoms. The molecule has 6 nitrogen and oxygen atoms in total. The fourth-order valence-electron chi connectivity index (χ4n) is 3.39. The van der Waals surface area contributed by atoms with Crippen molar-refractivity contribution in [2.75, 3.05) is 7.11 Å². The van der Waals surface area contributed by atoms with E-state index in [9.17, 15) is 4.79 Å². The van der Waals surface area contributed by atoms with Crippen LogP contribution in [0.1, 0.15) is 5.56 Å². The lowest BCUT2D eigenvalue weighted by atomic mass is 10.0. The van der Waals surface area contributed by atoms with Gasteiger partial charge in [0, 0.05) is 22.8 Å². The van der Waals surface area contributed by atoms with Crippen LogP contribution < -0.4 is 10.4 Å². The first kappa shape index (κ1) is 18.4. The van der Waals surface area contributed by atoms with Gasteiger partial charge in [0.15, 0.2) is 0 Å². The van der Waals surface area contributed by atoms with Crippen LogP contribution in [0.15, 0.2) is 85.6 Å². The predicted octanol–water partition coefficient (Wildman–Crippen LogP) is 5.30. The lowest BCUT2D eigenvalue weighted by molar-refractivity contribution is 0.414. The van der Waals surface area contributed by atoms with Crippen molar-refractivity contribution in [1.82, 2.24) is 10.2 Å². The molecule has 5 rings (SSSR count). The van der Waals surface area contributed by atoms with Crippen molar-refractivity contribution in [3.8, 4) is 17.2 Å². The summed E-state index contributed by atoms with van der Waals surface area (Å²) in [5.74, 6) is 1.69. The molecule has 0 spiro atoms. The zero-order valence-corrected chi connectivity index (χ0v) is 16.8. The van der Waals surface area contributed by atoms with Crippen molar-refractivity contribution in [1.29, 1.82) is 0 Å². The number of benzene rings is 3. The van der Waals surface area contributed by atoms with E-state index in [1.54, 1.807) is 7.11 Å². The lowest BCUT2D eigenvalue weighted by Gasteiger charge is -2.07. The Hall–Kier alpha value is -3.58. The van der Waals surface area contributed by atoms with Crippen LogP contribution in [0.5, 0.6) is 5.75 Å². The molecule has 0 fully saturated rings. The average molecular weight is 416 g/mol. The van der Waals surface area contributed by atoms with E-state index >= 15 is 0 Å². The summed E-state index contributed by atoms with van der Waals surface area (Å²) in [5, 5.41) is 11.7. The highest BCUT2D eigenvalue weighted by atomic mass is 32.2. The molecule has 0 saturated carbocycles. The van der Waals surface area contributed by atoms with E-state index < -0.39 is 0 Å². The molecule has 0 amide bonds. The number of thioether (sulfide) groups is 1. The number of hydrogen-bond acceptors (Lipinski definition) is 7. The quantitative estimate of drug-likeness (QED) is 0.219. The van der Waals surface area contributed by atoms with Crippen molar-refractivity contribution in [3.63, 3.8) is 0 Å². The van der Waals surface area contributed by atoms with E-state index in [1.165, 1.54) is 17.8 Å². The second-order valence-corrected chi connectivity index (χ2v) is 7.57. The summed E-state index contributed by atoms with van der Waals surface area (Å²) >= 11 is 1.38. The summed E-state index contributed by atoms with van der Waals surface area (Å²) in [6.07, 6.45) is 0. The molecular formula is C23H16N2O4S. The number of nitrogens with zero attached hydrogens (tertiary/aromatic N) is 2. The van der Waals surface area contributed by atoms with Gasteiger partial charge in [-0.15, -0.1) is 10.2 Å². The second kappa shape index (κ2) is 7.68. The number of rotatable bonds is 5. The zero-order chi connectivity index (χ0) is 20.5. The average Bonchev–Trinajstić information content (AvgIpc) is 3.26. The Morgan fingerprint density at radius 3 is 2.63 bits per heavy atom. The smallest absolute Gasteiger partial charge is 0.336 e. The van der Waals surface area contributed by atoms with E-state index in [1.807, 2.05) is 60.7 Å². The number of fused-ring (bicyclic) bond motifs is 3. The summed E-state index contributed by atoms with van der Waals surface area (Å²) in [7, 11) is 1.62. The maximum absolute atomic E-state index is 12.1. The first-order valence-corrected chi connectivity index (χ1v) is 10.2. The van der Waals surface area contributed by atoms with Gasteiger partial charge in [-0.05, 0) is 46.7 Å². The number of aromatic nitrogens is 2. The van der Waals surface area contributed by atoms with Crippen molar-refractivity contribution >= 4 is 33.5 Å². The molecule has 30 heavy (non-hydrogen) atoms. The molecule has 2 aromatic heterocycles. The molecular weight excluding hydrogens is 400 g/mol. The first-order valence-electron chi connectivity index (χ1n) is 9.26. The molecule has 0 N–H and O–H groups in total. The third-order valence-electron chi connectivity index (χ3n) is 4.81. The fourth-order valence-corrected chi connectivity index (χ4v) is 4.13. The normalized spacial score (nSPS) is 11.2. The van der Waals surface area contributed by atoms with Crippen molar-refractivity contribution in [2.45, 2.75) is 11.0 Å². The van der Waals surface area contributed by atoms with Gasteiger partial charge in [-0.3, -0.25) is 0 Å². The molecule has 0 aliphatic carbocycles. The van der Waals surface area contributed by atoms with Crippen LogP contribution in [-0.2, 0) is 5.75 Å². The van der Waals surface area contributed by atoms with E-state index in [2.05, 4.69) is 10.2 Å². The van der Waals surface area contributed by atoms with Gasteiger partial charge in [0.2, 0.25) is 5.89 Å². The van der Waals surface area contributed by atoms with E-state index in [4.69, 9.17) is 13.6 Å². The minimum absolute atomic E-state index is 0.377.